The van der Waals surface area contributed by atoms with Gasteiger partial charge in [-0.25, -0.2) is 0 Å². The maximum atomic E-state index is 12.4. The van der Waals surface area contributed by atoms with Crippen LogP contribution >= 0.6 is 23.2 Å². The predicted octanol–water partition coefficient (Wildman–Crippen LogP) is 4.75. The molecule has 2 N–H and O–H groups in total. The number of hydrogen-bond donors (Lipinski definition) is 2. The summed E-state index contributed by atoms with van der Waals surface area (Å²) in [7, 11) is 1.46. The molecule has 0 bridgehead atoms. The van der Waals surface area contributed by atoms with E-state index in [2.05, 4.69) is 10.3 Å². The number of benzene rings is 2. The van der Waals surface area contributed by atoms with Crippen LogP contribution in [0.25, 0.3) is 17.0 Å². The number of halogens is 2. The molecule has 28 heavy (non-hydrogen) atoms. The second-order valence-corrected chi connectivity index (χ2v) is 6.87. The van der Waals surface area contributed by atoms with Crippen molar-refractivity contribution in [2.75, 3.05) is 13.7 Å². The summed E-state index contributed by atoms with van der Waals surface area (Å²) < 4.78 is 5.10. The predicted molar refractivity (Wildman–Crippen MR) is 112 cm³/mol. The maximum absolute atomic E-state index is 12.4. The van der Waals surface area contributed by atoms with Gasteiger partial charge in [0.05, 0.1) is 17.2 Å². The lowest BCUT2D eigenvalue weighted by molar-refractivity contribution is -0.117. The molecular formula is C21H17Cl2N3O2. The van der Waals surface area contributed by atoms with E-state index in [1.807, 2.05) is 36.5 Å². The van der Waals surface area contributed by atoms with Crippen LogP contribution in [0.3, 0.4) is 0 Å². The topological polar surface area (TPSA) is 77.9 Å². The Labute approximate surface area is 172 Å². The first-order valence-electron chi connectivity index (χ1n) is 8.51. The summed E-state index contributed by atoms with van der Waals surface area (Å²) in [6.07, 6.45) is 4.02. The molecule has 0 spiro atoms. The summed E-state index contributed by atoms with van der Waals surface area (Å²) in [5, 5.41) is 13.9. The number of hydrogen-bond acceptors (Lipinski definition) is 3. The lowest BCUT2D eigenvalue weighted by atomic mass is 10.1. The molecule has 0 aliphatic heterocycles. The van der Waals surface area contributed by atoms with Crippen molar-refractivity contribution in [1.29, 1.82) is 5.26 Å². The van der Waals surface area contributed by atoms with Crippen LogP contribution in [0.15, 0.2) is 48.2 Å². The fourth-order valence-electron chi connectivity index (χ4n) is 2.92. The molecule has 0 radical (unpaired) electrons. The number of nitriles is 1. The third kappa shape index (κ3) is 4.30. The molecule has 1 amide bonds. The molecule has 3 rings (SSSR count). The summed E-state index contributed by atoms with van der Waals surface area (Å²) in [5.41, 5.74) is 2.66. The van der Waals surface area contributed by atoms with E-state index in [0.29, 0.717) is 34.3 Å². The van der Waals surface area contributed by atoms with Crippen LogP contribution in [0.2, 0.25) is 10.0 Å². The number of nitrogens with one attached hydrogen (secondary N) is 2. The number of H-pyrrole nitrogens is 1. The molecule has 7 heteroatoms. The molecule has 0 saturated carbocycles. The zero-order valence-corrected chi connectivity index (χ0v) is 16.6. The number of carbonyl (C=O) groups is 1. The standard InChI is InChI=1S/C21H17Cl2N3O2/c1-28-20-17(22)9-13(10-18(20)23)8-15(11-24)21(27)25-7-6-14-12-26-19-5-3-2-4-16(14)19/h2-5,8-10,12,26H,6-7H2,1H3,(H,25,27)/b15-8+. The molecule has 0 aliphatic carbocycles. The normalized spacial score (nSPS) is 11.3. The minimum Gasteiger partial charge on any atom is -0.494 e. The van der Waals surface area contributed by atoms with Gasteiger partial charge in [-0.2, -0.15) is 5.26 Å². The fraction of sp³-hybridized carbons (Fsp3) is 0.143. The smallest absolute Gasteiger partial charge is 0.261 e. The first-order valence-corrected chi connectivity index (χ1v) is 9.27. The van der Waals surface area contributed by atoms with Gasteiger partial charge in [0, 0.05) is 23.6 Å². The van der Waals surface area contributed by atoms with E-state index in [4.69, 9.17) is 27.9 Å². The molecule has 1 aromatic heterocycles. The Morgan fingerprint density at radius 3 is 2.68 bits per heavy atom. The Hall–Kier alpha value is -2.94. The molecule has 5 nitrogen and oxygen atoms in total. The van der Waals surface area contributed by atoms with Crippen LogP contribution in [-0.2, 0) is 11.2 Å². The largest absolute Gasteiger partial charge is 0.494 e. The molecule has 0 fully saturated rings. The van der Waals surface area contributed by atoms with Crippen LogP contribution in [0.5, 0.6) is 5.75 Å². The SMILES string of the molecule is COc1c(Cl)cc(/C=C(\C#N)C(=O)NCCc2c[nH]c3ccccc23)cc1Cl. The third-order valence-corrected chi connectivity index (χ3v) is 4.82. The molecule has 1 heterocycles. The Balaban J connectivity index is 1.68. The Kier molecular flexibility index (Phi) is 6.25. The highest BCUT2D eigenvalue weighted by Gasteiger charge is 2.12. The molecule has 0 atom stereocenters. The molecule has 3 aromatic rings. The Morgan fingerprint density at radius 1 is 1.29 bits per heavy atom. The highest BCUT2D eigenvalue weighted by atomic mass is 35.5. The first kappa shape index (κ1) is 19.8. The number of aromatic amines is 1. The second-order valence-electron chi connectivity index (χ2n) is 6.05. The van der Waals surface area contributed by atoms with Crippen LogP contribution < -0.4 is 10.1 Å². The van der Waals surface area contributed by atoms with Gasteiger partial charge in [-0.05, 0) is 41.8 Å². The van der Waals surface area contributed by atoms with Crippen molar-refractivity contribution in [3.63, 3.8) is 0 Å². The van der Waals surface area contributed by atoms with Gasteiger partial charge in [0.2, 0.25) is 0 Å². The Bertz CT molecular complexity index is 1070. The first-order chi connectivity index (χ1) is 13.5. The van der Waals surface area contributed by atoms with Crippen molar-refractivity contribution in [3.05, 3.63) is 69.3 Å². The maximum Gasteiger partial charge on any atom is 0.261 e. The van der Waals surface area contributed by atoms with Gasteiger partial charge in [-0.15, -0.1) is 0 Å². The summed E-state index contributed by atoms with van der Waals surface area (Å²) in [6.45, 7) is 0.407. The lowest BCUT2D eigenvalue weighted by Crippen LogP contribution is -2.26. The molecule has 2 aromatic carbocycles. The van der Waals surface area contributed by atoms with Crippen molar-refractivity contribution in [2.45, 2.75) is 6.42 Å². The highest BCUT2D eigenvalue weighted by molar-refractivity contribution is 6.37. The summed E-state index contributed by atoms with van der Waals surface area (Å²) in [4.78, 5) is 15.6. The van der Waals surface area contributed by atoms with E-state index < -0.39 is 5.91 Å². The van der Waals surface area contributed by atoms with Crippen molar-refractivity contribution < 1.29 is 9.53 Å². The van der Waals surface area contributed by atoms with Gasteiger partial charge in [-0.1, -0.05) is 41.4 Å². The zero-order chi connectivity index (χ0) is 20.1. The number of nitrogens with zero attached hydrogens (tertiary/aromatic N) is 1. The van der Waals surface area contributed by atoms with Gasteiger partial charge in [-0.3, -0.25) is 4.79 Å². The van der Waals surface area contributed by atoms with Crippen molar-refractivity contribution in [3.8, 4) is 11.8 Å². The average molecular weight is 414 g/mol. The van der Waals surface area contributed by atoms with Crippen molar-refractivity contribution in [1.82, 2.24) is 10.3 Å². The third-order valence-electron chi connectivity index (χ3n) is 4.26. The summed E-state index contributed by atoms with van der Waals surface area (Å²) in [6, 6.07) is 13.1. The van der Waals surface area contributed by atoms with Gasteiger partial charge < -0.3 is 15.0 Å². The zero-order valence-electron chi connectivity index (χ0n) is 15.1. The van der Waals surface area contributed by atoms with Crippen LogP contribution in [0.4, 0.5) is 0 Å². The van der Waals surface area contributed by atoms with Gasteiger partial charge in [0.15, 0.2) is 5.75 Å². The molecule has 142 valence electrons. The number of carbonyl (C=O) groups excluding carboxylic acids is 1. The fourth-order valence-corrected chi connectivity index (χ4v) is 3.58. The van der Waals surface area contributed by atoms with Crippen molar-refractivity contribution >= 4 is 46.1 Å². The number of rotatable bonds is 6. The van der Waals surface area contributed by atoms with Crippen LogP contribution in [0, 0.1) is 11.3 Å². The number of fused-ring (bicyclic) bond motifs is 1. The van der Waals surface area contributed by atoms with E-state index in [9.17, 15) is 10.1 Å². The Morgan fingerprint density at radius 2 is 2.00 bits per heavy atom. The van der Waals surface area contributed by atoms with E-state index in [0.717, 1.165) is 16.5 Å². The summed E-state index contributed by atoms with van der Waals surface area (Å²) in [5.74, 6) is -0.104. The average Bonchev–Trinajstić information content (AvgIpc) is 3.09. The van der Waals surface area contributed by atoms with E-state index >= 15 is 0 Å². The highest BCUT2D eigenvalue weighted by Crippen LogP contribution is 2.34. The molecule has 0 unspecified atom stereocenters. The van der Waals surface area contributed by atoms with Crippen molar-refractivity contribution in [2.24, 2.45) is 0 Å². The number of amides is 1. The van der Waals surface area contributed by atoms with Gasteiger partial charge in [0.25, 0.3) is 5.91 Å². The quantitative estimate of drug-likeness (QED) is 0.452. The van der Waals surface area contributed by atoms with Gasteiger partial charge >= 0.3 is 0 Å². The van der Waals surface area contributed by atoms with Gasteiger partial charge in [0.1, 0.15) is 11.6 Å². The number of ether oxygens (including phenoxy) is 1. The minimum atomic E-state index is -0.453. The van der Waals surface area contributed by atoms with E-state index in [1.54, 1.807) is 12.1 Å². The van der Waals surface area contributed by atoms with Crippen LogP contribution in [-0.4, -0.2) is 24.5 Å². The molecular weight excluding hydrogens is 397 g/mol. The second kappa shape index (κ2) is 8.83. The lowest BCUT2D eigenvalue weighted by Gasteiger charge is -2.07. The monoisotopic (exact) mass is 413 g/mol. The number of para-hydroxylation sites is 1. The number of aromatic nitrogens is 1. The van der Waals surface area contributed by atoms with E-state index in [1.165, 1.54) is 13.2 Å². The number of methoxy groups -OCH3 is 1. The van der Waals surface area contributed by atoms with E-state index in [-0.39, 0.29) is 5.57 Å². The minimum absolute atomic E-state index is 0.0313. The summed E-state index contributed by atoms with van der Waals surface area (Å²) >= 11 is 12.2. The van der Waals surface area contributed by atoms with Crippen LogP contribution in [0.1, 0.15) is 11.1 Å². The molecule has 0 aliphatic rings. The molecule has 0 saturated heterocycles.